The second-order valence-electron chi connectivity index (χ2n) is 3.97. The Balaban J connectivity index is 2.43. The number of fused-ring (bicyclic) bond motifs is 1. The number of carbonyl (C=O) groups is 1. The molecule has 92 valence electrons. The third-order valence-corrected chi connectivity index (χ3v) is 2.81. The van der Waals surface area contributed by atoms with Crippen molar-refractivity contribution in [1.29, 1.82) is 0 Å². The Morgan fingerprint density at radius 1 is 1.53 bits per heavy atom. The normalized spacial score (nSPS) is 18.6. The SMILES string of the molecule is CNc1ccc2c(c1)N(CCN)C(=O)C(C)O2. The maximum atomic E-state index is 12.0. The van der Waals surface area contributed by atoms with E-state index in [1.54, 1.807) is 11.8 Å². The summed E-state index contributed by atoms with van der Waals surface area (Å²) in [4.78, 5) is 13.7. The van der Waals surface area contributed by atoms with Gasteiger partial charge in [-0.2, -0.15) is 0 Å². The highest BCUT2D eigenvalue weighted by atomic mass is 16.5. The Bertz CT molecular complexity index is 434. The Morgan fingerprint density at radius 2 is 2.29 bits per heavy atom. The van der Waals surface area contributed by atoms with Gasteiger partial charge < -0.3 is 20.7 Å². The molecule has 1 aromatic carbocycles. The molecule has 1 aliphatic heterocycles. The van der Waals surface area contributed by atoms with E-state index in [1.165, 1.54) is 0 Å². The highest BCUT2D eigenvalue weighted by Gasteiger charge is 2.30. The summed E-state index contributed by atoms with van der Waals surface area (Å²) in [7, 11) is 1.84. The molecular weight excluding hydrogens is 218 g/mol. The molecule has 5 nitrogen and oxygen atoms in total. The summed E-state index contributed by atoms with van der Waals surface area (Å²) in [6, 6.07) is 5.68. The van der Waals surface area contributed by atoms with Crippen molar-refractivity contribution >= 4 is 17.3 Å². The number of nitrogens with two attached hydrogens (primary N) is 1. The fourth-order valence-electron chi connectivity index (χ4n) is 1.92. The molecule has 3 N–H and O–H groups in total. The van der Waals surface area contributed by atoms with Crippen LogP contribution in [0.5, 0.6) is 5.75 Å². The van der Waals surface area contributed by atoms with Gasteiger partial charge in [-0.15, -0.1) is 0 Å². The van der Waals surface area contributed by atoms with E-state index in [-0.39, 0.29) is 5.91 Å². The second kappa shape index (κ2) is 4.63. The first kappa shape index (κ1) is 11.7. The minimum atomic E-state index is -0.450. The maximum Gasteiger partial charge on any atom is 0.267 e. The van der Waals surface area contributed by atoms with E-state index < -0.39 is 6.10 Å². The molecule has 5 heteroatoms. The minimum Gasteiger partial charge on any atom is -0.479 e. The first-order valence-corrected chi connectivity index (χ1v) is 5.67. The van der Waals surface area contributed by atoms with Crippen molar-refractivity contribution < 1.29 is 9.53 Å². The summed E-state index contributed by atoms with van der Waals surface area (Å²) in [5, 5.41) is 3.04. The van der Waals surface area contributed by atoms with E-state index in [9.17, 15) is 4.79 Å². The number of hydrogen-bond acceptors (Lipinski definition) is 4. The largest absolute Gasteiger partial charge is 0.479 e. The fraction of sp³-hybridized carbons (Fsp3) is 0.417. The number of amides is 1. The highest BCUT2D eigenvalue weighted by Crippen LogP contribution is 2.35. The summed E-state index contributed by atoms with van der Waals surface area (Å²) in [5.74, 6) is 0.681. The van der Waals surface area contributed by atoms with Crippen molar-refractivity contribution in [3.63, 3.8) is 0 Å². The van der Waals surface area contributed by atoms with Crippen LogP contribution in [0.1, 0.15) is 6.92 Å². The molecule has 0 aliphatic carbocycles. The third-order valence-electron chi connectivity index (χ3n) is 2.81. The molecule has 2 rings (SSSR count). The van der Waals surface area contributed by atoms with E-state index in [0.29, 0.717) is 13.1 Å². The summed E-state index contributed by atoms with van der Waals surface area (Å²) in [6.07, 6.45) is -0.450. The topological polar surface area (TPSA) is 67.6 Å². The quantitative estimate of drug-likeness (QED) is 0.813. The lowest BCUT2D eigenvalue weighted by Gasteiger charge is -2.33. The average Bonchev–Trinajstić information content (AvgIpc) is 2.34. The maximum absolute atomic E-state index is 12.0. The zero-order valence-corrected chi connectivity index (χ0v) is 10.1. The number of nitrogens with one attached hydrogen (secondary N) is 1. The van der Waals surface area contributed by atoms with Crippen molar-refractivity contribution in [2.24, 2.45) is 5.73 Å². The van der Waals surface area contributed by atoms with Gasteiger partial charge in [-0.3, -0.25) is 4.79 Å². The van der Waals surface area contributed by atoms with Gasteiger partial charge in [0.2, 0.25) is 0 Å². The number of ether oxygens (including phenoxy) is 1. The lowest BCUT2D eigenvalue weighted by molar-refractivity contribution is -0.125. The second-order valence-corrected chi connectivity index (χ2v) is 3.97. The first-order chi connectivity index (χ1) is 8.17. The molecule has 1 aromatic rings. The first-order valence-electron chi connectivity index (χ1n) is 5.67. The summed E-state index contributed by atoms with van der Waals surface area (Å²) in [5.41, 5.74) is 7.27. The molecule has 0 radical (unpaired) electrons. The van der Waals surface area contributed by atoms with Gasteiger partial charge in [0.05, 0.1) is 5.69 Å². The Morgan fingerprint density at radius 3 is 2.94 bits per heavy atom. The Hall–Kier alpha value is -1.75. The van der Waals surface area contributed by atoms with Gasteiger partial charge in [0.1, 0.15) is 5.75 Å². The van der Waals surface area contributed by atoms with Crippen molar-refractivity contribution in [1.82, 2.24) is 0 Å². The molecule has 1 aliphatic rings. The summed E-state index contributed by atoms with van der Waals surface area (Å²) >= 11 is 0. The number of nitrogens with zero attached hydrogens (tertiary/aromatic N) is 1. The van der Waals surface area contributed by atoms with Crippen molar-refractivity contribution in [3.05, 3.63) is 18.2 Å². The Kier molecular flexibility index (Phi) is 3.19. The molecular formula is C12H17N3O2. The van der Waals surface area contributed by atoms with Gasteiger partial charge in [-0.1, -0.05) is 0 Å². The number of hydrogen-bond donors (Lipinski definition) is 2. The minimum absolute atomic E-state index is 0.0452. The van der Waals surface area contributed by atoms with Crippen LogP contribution in [-0.4, -0.2) is 32.1 Å². The van der Waals surface area contributed by atoms with Crippen LogP contribution >= 0.6 is 0 Å². The van der Waals surface area contributed by atoms with Crippen LogP contribution in [0.25, 0.3) is 0 Å². The summed E-state index contributed by atoms with van der Waals surface area (Å²) < 4.78 is 5.56. The highest BCUT2D eigenvalue weighted by molar-refractivity contribution is 6.00. The third kappa shape index (κ3) is 2.06. The molecule has 0 saturated carbocycles. The standard InChI is InChI=1S/C12H17N3O2/c1-8-12(16)15(6-5-13)10-7-9(14-2)3-4-11(10)17-8/h3-4,7-8,14H,5-6,13H2,1-2H3. The van der Waals surface area contributed by atoms with E-state index in [2.05, 4.69) is 5.32 Å². The lowest BCUT2D eigenvalue weighted by atomic mass is 10.1. The molecule has 0 aromatic heterocycles. The van der Waals surface area contributed by atoms with E-state index in [1.807, 2.05) is 25.2 Å². The predicted molar refractivity (Wildman–Crippen MR) is 67.5 cm³/mol. The fourth-order valence-corrected chi connectivity index (χ4v) is 1.92. The zero-order chi connectivity index (χ0) is 12.4. The van der Waals surface area contributed by atoms with E-state index >= 15 is 0 Å². The van der Waals surface area contributed by atoms with Crippen LogP contribution in [0.15, 0.2) is 18.2 Å². The molecule has 1 heterocycles. The van der Waals surface area contributed by atoms with Crippen molar-refractivity contribution in [2.75, 3.05) is 30.4 Å². The van der Waals surface area contributed by atoms with Gasteiger partial charge in [0.15, 0.2) is 6.10 Å². The molecule has 1 amide bonds. The molecule has 0 fully saturated rings. The number of carbonyl (C=O) groups excluding carboxylic acids is 1. The van der Waals surface area contributed by atoms with Crippen LogP contribution in [0.2, 0.25) is 0 Å². The zero-order valence-electron chi connectivity index (χ0n) is 10.1. The molecule has 1 unspecified atom stereocenters. The predicted octanol–water partition coefficient (Wildman–Crippen LogP) is 0.801. The number of benzene rings is 1. The monoisotopic (exact) mass is 235 g/mol. The Labute approximate surface area is 101 Å². The molecule has 0 spiro atoms. The molecule has 17 heavy (non-hydrogen) atoms. The molecule has 0 bridgehead atoms. The number of anilines is 2. The van der Waals surface area contributed by atoms with E-state index in [0.717, 1.165) is 17.1 Å². The van der Waals surface area contributed by atoms with Crippen LogP contribution in [0, 0.1) is 0 Å². The van der Waals surface area contributed by atoms with Crippen LogP contribution in [-0.2, 0) is 4.79 Å². The van der Waals surface area contributed by atoms with Gasteiger partial charge >= 0.3 is 0 Å². The van der Waals surface area contributed by atoms with Gasteiger partial charge in [-0.25, -0.2) is 0 Å². The lowest BCUT2D eigenvalue weighted by Crippen LogP contribution is -2.46. The molecule has 0 saturated heterocycles. The van der Waals surface area contributed by atoms with Gasteiger partial charge in [0.25, 0.3) is 5.91 Å². The summed E-state index contributed by atoms with van der Waals surface area (Å²) in [6.45, 7) is 2.69. The van der Waals surface area contributed by atoms with Crippen LogP contribution in [0.3, 0.4) is 0 Å². The van der Waals surface area contributed by atoms with Crippen molar-refractivity contribution in [2.45, 2.75) is 13.0 Å². The smallest absolute Gasteiger partial charge is 0.267 e. The average molecular weight is 235 g/mol. The van der Waals surface area contributed by atoms with Gasteiger partial charge in [-0.05, 0) is 25.1 Å². The van der Waals surface area contributed by atoms with E-state index in [4.69, 9.17) is 10.5 Å². The van der Waals surface area contributed by atoms with Crippen LogP contribution in [0.4, 0.5) is 11.4 Å². The number of rotatable bonds is 3. The van der Waals surface area contributed by atoms with Crippen LogP contribution < -0.4 is 20.7 Å². The van der Waals surface area contributed by atoms with Gasteiger partial charge in [0, 0.05) is 25.8 Å². The molecule has 1 atom stereocenters. The van der Waals surface area contributed by atoms with Crippen molar-refractivity contribution in [3.8, 4) is 5.75 Å².